The van der Waals surface area contributed by atoms with Crippen LogP contribution < -0.4 is 33.2 Å². The van der Waals surface area contributed by atoms with Gasteiger partial charge in [-0.3, -0.25) is 30.6 Å². The molecule has 25 heteroatoms. The second kappa shape index (κ2) is 28.9. The normalized spacial score (nSPS) is 16.8. The van der Waals surface area contributed by atoms with Crippen LogP contribution in [0.3, 0.4) is 0 Å². The van der Waals surface area contributed by atoms with Crippen molar-refractivity contribution in [2.24, 2.45) is 17.2 Å². The number of rotatable bonds is 15. The fourth-order valence-electron chi connectivity index (χ4n) is 15.3. The van der Waals surface area contributed by atoms with Crippen LogP contribution in [0.15, 0.2) is 212 Å². The first-order chi connectivity index (χ1) is 53.8. The number of fused-ring (bicyclic) bond motifs is 24. The van der Waals surface area contributed by atoms with Gasteiger partial charge in [0.25, 0.3) is 17.7 Å². The van der Waals surface area contributed by atoms with Gasteiger partial charge in [0.2, 0.25) is 0 Å². The molecule has 6 aliphatic rings. The minimum Gasteiger partial charge on any atom is -0.384 e. The van der Waals surface area contributed by atoms with Crippen molar-refractivity contribution in [1.82, 2.24) is 16.0 Å². The third-order valence-corrected chi connectivity index (χ3v) is 20.7. The van der Waals surface area contributed by atoms with E-state index in [1.165, 1.54) is 24.3 Å². The van der Waals surface area contributed by atoms with Crippen molar-refractivity contribution in [2.45, 2.75) is 56.3 Å². The molecule has 12 aromatic carbocycles. The molecule has 12 aromatic rings. The summed E-state index contributed by atoms with van der Waals surface area (Å²) in [5, 5.41) is 29.7. The Hall–Kier alpha value is -13.4. The second-order valence-electron chi connectivity index (χ2n) is 27.4. The van der Waals surface area contributed by atoms with E-state index in [2.05, 4.69) is 16.0 Å². The Morgan fingerprint density at radius 3 is 0.982 bits per heavy atom. The van der Waals surface area contributed by atoms with Crippen LogP contribution in [0.2, 0.25) is 0 Å². The maximum Gasteiger partial charge on any atom is 0.251 e. The number of nitrogen functional groups attached to an aromatic ring is 3. The molecule has 12 N–H and O–H groups in total. The third-order valence-electron chi connectivity index (χ3n) is 20.7. The Labute approximate surface area is 631 Å². The standard InChI is InChI=1S/C29H19F4N3O2.2C29H20F3N3O2/c30-16-3-6-17(25(33)10-16)13-1-4-18-20(7-13)27-21-8-14(2-5-19(21)26(18)38-27)29(37)36-12-15-9-24(32)22(28(34)35)11-23(15)31;30-22-4-2-1-3-17(22)15-5-7-18-20(11-15)27-21-12-16(6-8-19(21)26(18)37-27)29(36)35-13-14-9-23(31)25(28(33)34)24(32)10-14;30-23-4-2-1-3-17(23)14-5-7-18-20(9-14)27-21-10-15(6-8-19(21)26(18)37-27)29(36)35-13-16-11-25(32)22(28(33)34)12-24(16)31/h1-11,26-27H,12H2,(H3,34,35)(H,36,37);2*1-12,26-27H,13H2,(H3,33,34)(H,35,36)/t3*26-,27+/m000/s1. The summed E-state index contributed by atoms with van der Waals surface area (Å²) < 4.78 is 160. The van der Waals surface area contributed by atoms with Crippen LogP contribution in [-0.4, -0.2) is 35.2 Å². The van der Waals surface area contributed by atoms with Gasteiger partial charge in [-0.05, 0) is 204 Å². The van der Waals surface area contributed by atoms with Gasteiger partial charge >= 0.3 is 0 Å². The van der Waals surface area contributed by atoms with Crippen molar-refractivity contribution in [1.29, 1.82) is 16.2 Å². The smallest absolute Gasteiger partial charge is 0.251 e. The first-order valence-electron chi connectivity index (χ1n) is 34.9. The number of hydrogen-bond donors (Lipinski definition) is 9. The second-order valence-corrected chi connectivity index (χ2v) is 27.4. The lowest BCUT2D eigenvalue weighted by atomic mass is 9.83. The van der Waals surface area contributed by atoms with Gasteiger partial charge < -0.3 is 47.4 Å². The molecule has 0 radical (unpaired) electrons. The zero-order valence-corrected chi connectivity index (χ0v) is 58.3. The quantitative estimate of drug-likeness (QED) is 0.0268. The summed E-state index contributed by atoms with van der Waals surface area (Å²) >= 11 is 0. The highest BCUT2D eigenvalue weighted by Crippen LogP contribution is 2.58. The molecule has 18 rings (SSSR count). The van der Waals surface area contributed by atoms with Gasteiger partial charge in [-0.15, -0.1) is 0 Å². The molecule has 0 saturated heterocycles. The average Bonchev–Trinajstić information content (AvgIpc) is 1.56. The molecular formula is C87H59F10N9O6. The van der Waals surface area contributed by atoms with Crippen LogP contribution in [0.4, 0.5) is 43.9 Å². The lowest BCUT2D eigenvalue weighted by molar-refractivity contribution is 0.0856. The number of amides is 3. The fourth-order valence-corrected chi connectivity index (χ4v) is 15.3. The largest absolute Gasteiger partial charge is 0.384 e. The first kappa shape index (κ1) is 72.8. The Bertz CT molecular complexity index is 6030. The molecule has 0 unspecified atom stereocenters. The molecule has 0 aromatic heterocycles. The van der Waals surface area contributed by atoms with Gasteiger partial charge in [-0.25, -0.2) is 43.9 Å². The molecule has 6 bridgehead atoms. The van der Waals surface area contributed by atoms with Gasteiger partial charge in [-0.1, -0.05) is 91.0 Å². The number of halogens is 10. The predicted molar refractivity (Wildman–Crippen MR) is 395 cm³/mol. The molecular weight excluding hydrogens is 1460 g/mol. The molecule has 112 heavy (non-hydrogen) atoms. The highest BCUT2D eigenvalue weighted by Gasteiger charge is 2.46. The van der Waals surface area contributed by atoms with E-state index in [0.29, 0.717) is 33.4 Å². The van der Waals surface area contributed by atoms with Crippen LogP contribution in [0.1, 0.15) is 168 Å². The monoisotopic (exact) mass is 1520 g/mol. The molecule has 6 aliphatic heterocycles. The van der Waals surface area contributed by atoms with Crippen LogP contribution in [0.5, 0.6) is 0 Å². The molecule has 0 fully saturated rings. The van der Waals surface area contributed by atoms with Gasteiger partial charge in [0.1, 0.15) is 112 Å². The lowest BCUT2D eigenvalue weighted by Crippen LogP contribution is -2.24. The summed E-state index contributed by atoms with van der Waals surface area (Å²) in [6.07, 6.45) is -2.08. The predicted octanol–water partition coefficient (Wildman–Crippen LogP) is 16.7. The molecule has 558 valence electrons. The van der Waals surface area contributed by atoms with Crippen molar-refractivity contribution in [3.63, 3.8) is 0 Å². The number of carbonyl (C=O) groups excluding carboxylic acids is 3. The van der Waals surface area contributed by atoms with Gasteiger partial charge in [0.05, 0.1) is 16.7 Å². The Balaban J connectivity index is 0.000000127. The number of hydrogen-bond acceptors (Lipinski definition) is 9. The van der Waals surface area contributed by atoms with Crippen molar-refractivity contribution in [3.05, 3.63) is 387 Å². The number of nitrogens with two attached hydrogens (primary N) is 3. The Kier molecular flexibility index (Phi) is 18.8. The van der Waals surface area contributed by atoms with Gasteiger partial charge in [-0.2, -0.15) is 0 Å². The summed E-state index contributed by atoms with van der Waals surface area (Å²) in [6, 6.07) is 54.8. The molecule has 0 saturated carbocycles. The van der Waals surface area contributed by atoms with Crippen molar-refractivity contribution < 1.29 is 72.5 Å². The minimum atomic E-state index is -0.962. The zero-order valence-electron chi connectivity index (χ0n) is 58.3. The number of carbonyl (C=O) groups is 3. The fraction of sp³-hybridized carbons (Fsp3) is 0.103. The van der Waals surface area contributed by atoms with Gasteiger partial charge in [0, 0.05) is 70.2 Å². The molecule has 6 atom stereocenters. The maximum absolute atomic E-state index is 14.4. The summed E-state index contributed by atoms with van der Waals surface area (Å²) in [6.45, 7) is -0.623. The van der Waals surface area contributed by atoms with E-state index in [1.54, 1.807) is 84.9 Å². The molecule has 3 amide bonds. The molecule has 15 nitrogen and oxygen atoms in total. The maximum atomic E-state index is 14.4. The third kappa shape index (κ3) is 13.2. The number of ether oxygens (including phenoxy) is 3. The minimum absolute atomic E-state index is 0.0611. The van der Waals surface area contributed by atoms with E-state index in [9.17, 15) is 58.3 Å². The van der Waals surface area contributed by atoms with Crippen LogP contribution >= 0.6 is 0 Å². The molecule has 0 aliphatic carbocycles. The SMILES string of the molecule is N=C(N)c1c(F)cc(CNC(=O)c2ccc3c(c2)[C@@H]2O[C@H]3c3ccc(-c4ccccc4F)cc32)cc1F.N=C(N)c1cc(F)c(CNC(=O)c2ccc3c(c2)[C@@H]2O[C@H]3c3ccc(-c4ccc(F)cc4F)cc32)cc1F.N=C(N)c1cc(F)c(CNC(=O)c2ccc3c(c2)[C@@H]2O[C@H]3c3ccc(-c4ccccc4F)cc32)cc1F. The number of benzene rings is 12. The molecule has 0 spiro atoms. The van der Waals surface area contributed by atoms with Crippen molar-refractivity contribution in [3.8, 4) is 33.4 Å². The lowest BCUT2D eigenvalue weighted by Gasteiger charge is -2.18. The summed E-state index contributed by atoms with van der Waals surface area (Å²) in [4.78, 5) is 38.6. The van der Waals surface area contributed by atoms with Crippen molar-refractivity contribution >= 4 is 35.2 Å². The average molecular weight is 1520 g/mol. The number of nitrogens with one attached hydrogen (secondary N) is 6. The topological polar surface area (TPSA) is 265 Å². The van der Waals surface area contributed by atoms with Crippen LogP contribution in [-0.2, 0) is 33.8 Å². The molecule has 6 heterocycles. The summed E-state index contributed by atoms with van der Waals surface area (Å²) in [5.41, 5.74) is 29.9. The van der Waals surface area contributed by atoms with E-state index >= 15 is 0 Å². The summed E-state index contributed by atoms with van der Waals surface area (Å²) in [7, 11) is 0. The zero-order chi connectivity index (χ0) is 78.4. The summed E-state index contributed by atoms with van der Waals surface area (Å²) in [5.74, 6) is -10.4. The Morgan fingerprint density at radius 1 is 0.304 bits per heavy atom. The van der Waals surface area contributed by atoms with Crippen molar-refractivity contribution in [2.75, 3.05) is 0 Å². The van der Waals surface area contributed by atoms with Gasteiger partial charge in [0.15, 0.2) is 0 Å². The van der Waals surface area contributed by atoms with E-state index < -0.39 is 93.4 Å². The van der Waals surface area contributed by atoms with E-state index in [-0.39, 0.29) is 95.2 Å². The number of amidine groups is 3. The van der Waals surface area contributed by atoms with E-state index in [4.69, 9.17) is 47.6 Å². The van der Waals surface area contributed by atoms with Crippen LogP contribution in [0, 0.1) is 74.4 Å². The first-order valence-corrected chi connectivity index (χ1v) is 34.9. The highest BCUT2D eigenvalue weighted by atomic mass is 19.2. The van der Waals surface area contributed by atoms with Crippen LogP contribution in [0.25, 0.3) is 33.4 Å². The van der Waals surface area contributed by atoms with E-state index in [0.717, 1.165) is 120 Å². The highest BCUT2D eigenvalue weighted by molar-refractivity contribution is 5.98. The van der Waals surface area contributed by atoms with E-state index in [1.807, 2.05) is 60.7 Å². The Morgan fingerprint density at radius 2 is 0.634 bits per heavy atom.